The van der Waals surface area contributed by atoms with E-state index in [1.807, 2.05) is 44.2 Å². The van der Waals surface area contributed by atoms with Gasteiger partial charge >= 0.3 is 0 Å². The Labute approximate surface area is 169 Å². The Balaban J connectivity index is 1.61. The Hall–Kier alpha value is -2.72. The predicted molar refractivity (Wildman–Crippen MR) is 109 cm³/mol. The number of anilines is 1. The maximum atomic E-state index is 12.3. The van der Waals surface area contributed by atoms with Gasteiger partial charge in [0.25, 0.3) is 5.56 Å². The molecule has 0 spiro atoms. The SMILES string of the molecule is CC(C)c1nnc(NC(=O)CSc2nc(O)c(Cc3ccccc3)c(=O)[nH]2)s1. The molecule has 10 heteroatoms. The van der Waals surface area contributed by atoms with Crippen molar-refractivity contribution in [1.82, 2.24) is 20.2 Å². The monoisotopic (exact) mass is 417 g/mol. The van der Waals surface area contributed by atoms with Crippen LogP contribution in [0.4, 0.5) is 5.13 Å². The number of H-pyrrole nitrogens is 1. The van der Waals surface area contributed by atoms with E-state index in [9.17, 15) is 14.7 Å². The number of carbonyl (C=O) groups excluding carboxylic acids is 1. The number of thioether (sulfide) groups is 1. The van der Waals surface area contributed by atoms with Crippen molar-refractivity contribution in [3.8, 4) is 5.88 Å². The van der Waals surface area contributed by atoms with Crippen molar-refractivity contribution in [2.24, 2.45) is 0 Å². The van der Waals surface area contributed by atoms with E-state index in [1.165, 1.54) is 11.3 Å². The molecule has 3 aromatic rings. The third kappa shape index (κ3) is 5.17. The number of aromatic nitrogens is 4. The average Bonchev–Trinajstić information content (AvgIpc) is 3.13. The predicted octanol–water partition coefficient (Wildman–Crippen LogP) is 2.77. The van der Waals surface area contributed by atoms with Gasteiger partial charge in [0.1, 0.15) is 5.01 Å². The van der Waals surface area contributed by atoms with Gasteiger partial charge in [-0.2, -0.15) is 4.98 Å². The number of amides is 1. The molecule has 0 aliphatic rings. The van der Waals surface area contributed by atoms with Crippen molar-refractivity contribution in [1.29, 1.82) is 0 Å². The Morgan fingerprint density at radius 3 is 2.68 bits per heavy atom. The number of rotatable bonds is 7. The fourth-order valence-corrected chi connectivity index (χ4v) is 3.72. The lowest BCUT2D eigenvalue weighted by atomic mass is 10.1. The molecule has 0 fully saturated rings. The minimum absolute atomic E-state index is 0.0109. The minimum Gasteiger partial charge on any atom is -0.493 e. The highest BCUT2D eigenvalue weighted by atomic mass is 32.2. The van der Waals surface area contributed by atoms with E-state index >= 15 is 0 Å². The maximum Gasteiger partial charge on any atom is 0.258 e. The Morgan fingerprint density at radius 1 is 1.29 bits per heavy atom. The van der Waals surface area contributed by atoms with Crippen LogP contribution >= 0.6 is 23.1 Å². The van der Waals surface area contributed by atoms with E-state index in [1.54, 1.807) is 0 Å². The summed E-state index contributed by atoms with van der Waals surface area (Å²) in [5.74, 6) is -0.380. The second kappa shape index (κ2) is 8.98. The zero-order valence-electron chi connectivity index (χ0n) is 15.3. The quantitative estimate of drug-likeness (QED) is 0.399. The van der Waals surface area contributed by atoms with Crippen molar-refractivity contribution >= 4 is 34.1 Å². The lowest BCUT2D eigenvalue weighted by Crippen LogP contribution is -2.17. The van der Waals surface area contributed by atoms with Gasteiger partial charge in [-0.25, -0.2) is 0 Å². The van der Waals surface area contributed by atoms with Crippen molar-refractivity contribution in [2.45, 2.75) is 31.3 Å². The van der Waals surface area contributed by atoms with Gasteiger partial charge in [-0.05, 0) is 5.56 Å². The molecule has 0 atom stereocenters. The van der Waals surface area contributed by atoms with Crippen LogP contribution in [0.25, 0.3) is 0 Å². The van der Waals surface area contributed by atoms with Gasteiger partial charge < -0.3 is 10.1 Å². The molecule has 0 saturated heterocycles. The summed E-state index contributed by atoms with van der Waals surface area (Å²) in [7, 11) is 0. The first-order valence-corrected chi connectivity index (χ1v) is 10.3. The minimum atomic E-state index is -0.426. The van der Waals surface area contributed by atoms with E-state index in [0.717, 1.165) is 22.3 Å². The zero-order chi connectivity index (χ0) is 20.1. The second-order valence-corrected chi connectivity index (χ2v) is 8.25. The number of nitrogens with one attached hydrogen (secondary N) is 2. The summed E-state index contributed by atoms with van der Waals surface area (Å²) in [6.45, 7) is 4.00. The highest BCUT2D eigenvalue weighted by Crippen LogP contribution is 2.23. The molecule has 0 aliphatic carbocycles. The smallest absolute Gasteiger partial charge is 0.258 e. The molecule has 1 amide bonds. The van der Waals surface area contributed by atoms with Crippen LogP contribution < -0.4 is 10.9 Å². The maximum absolute atomic E-state index is 12.3. The molecular weight excluding hydrogens is 398 g/mol. The van der Waals surface area contributed by atoms with Gasteiger partial charge in [-0.15, -0.1) is 10.2 Å². The van der Waals surface area contributed by atoms with E-state index in [4.69, 9.17) is 0 Å². The molecule has 146 valence electrons. The van der Waals surface area contributed by atoms with Crippen LogP contribution in [0.15, 0.2) is 40.3 Å². The van der Waals surface area contributed by atoms with Gasteiger partial charge in [0.15, 0.2) is 5.16 Å². The van der Waals surface area contributed by atoms with Crippen molar-refractivity contribution < 1.29 is 9.90 Å². The summed E-state index contributed by atoms with van der Waals surface area (Å²) in [6.07, 6.45) is 0.273. The van der Waals surface area contributed by atoms with Gasteiger partial charge in [-0.3, -0.25) is 14.9 Å². The van der Waals surface area contributed by atoms with Gasteiger partial charge in [0.05, 0.1) is 11.3 Å². The van der Waals surface area contributed by atoms with E-state index < -0.39 is 5.56 Å². The van der Waals surface area contributed by atoms with Crippen LogP contribution in [0.2, 0.25) is 0 Å². The number of benzene rings is 1. The molecule has 0 unspecified atom stereocenters. The standard InChI is InChI=1S/C18H19N5O3S2/c1-10(2)16-22-23-18(28-16)19-13(24)9-27-17-20-14(25)12(15(26)21-17)8-11-6-4-3-5-7-11/h3-7,10H,8-9H2,1-2H3,(H,19,23,24)(H2,20,21,25,26). The zero-order valence-corrected chi connectivity index (χ0v) is 16.9. The second-order valence-electron chi connectivity index (χ2n) is 6.27. The van der Waals surface area contributed by atoms with Crippen molar-refractivity contribution in [2.75, 3.05) is 11.1 Å². The number of hydrogen-bond donors (Lipinski definition) is 3. The first-order chi connectivity index (χ1) is 13.4. The summed E-state index contributed by atoms with van der Waals surface area (Å²) in [6, 6.07) is 9.33. The number of hydrogen-bond acceptors (Lipinski definition) is 8. The van der Waals surface area contributed by atoms with Crippen LogP contribution in [-0.2, 0) is 11.2 Å². The van der Waals surface area contributed by atoms with Crippen LogP contribution in [0.3, 0.4) is 0 Å². The molecule has 0 saturated carbocycles. The Kier molecular flexibility index (Phi) is 6.42. The van der Waals surface area contributed by atoms with Crippen LogP contribution in [0.1, 0.15) is 35.9 Å². The summed E-state index contributed by atoms with van der Waals surface area (Å²) in [5, 5.41) is 22.2. The normalized spacial score (nSPS) is 11.0. The molecule has 8 nitrogen and oxygen atoms in total. The molecule has 0 aliphatic heterocycles. The molecule has 0 radical (unpaired) electrons. The number of aromatic amines is 1. The van der Waals surface area contributed by atoms with Gasteiger partial charge in [-0.1, -0.05) is 67.3 Å². The lowest BCUT2D eigenvalue weighted by Gasteiger charge is -2.06. The number of carbonyl (C=O) groups is 1. The molecule has 2 aromatic heterocycles. The first kappa shape index (κ1) is 20.0. The summed E-state index contributed by atoms with van der Waals surface area (Å²) in [5.41, 5.74) is 0.655. The van der Waals surface area contributed by atoms with E-state index in [0.29, 0.717) is 5.13 Å². The Bertz CT molecular complexity index is 1020. The molecule has 3 rings (SSSR count). The fraction of sp³-hybridized carbons (Fsp3) is 0.278. The fourth-order valence-electron chi connectivity index (χ4n) is 2.30. The van der Waals surface area contributed by atoms with Crippen LogP contribution in [0, 0.1) is 0 Å². The van der Waals surface area contributed by atoms with Crippen LogP contribution in [-0.4, -0.2) is 36.9 Å². The highest BCUT2D eigenvalue weighted by Gasteiger charge is 2.14. The van der Waals surface area contributed by atoms with E-state index in [2.05, 4.69) is 25.5 Å². The molecule has 2 heterocycles. The molecule has 1 aromatic carbocycles. The molecule has 0 bridgehead atoms. The van der Waals surface area contributed by atoms with Crippen LogP contribution in [0.5, 0.6) is 5.88 Å². The topological polar surface area (TPSA) is 121 Å². The number of nitrogens with zero attached hydrogens (tertiary/aromatic N) is 3. The third-order valence-electron chi connectivity index (χ3n) is 3.72. The van der Waals surface area contributed by atoms with Gasteiger partial charge in [0.2, 0.25) is 16.9 Å². The first-order valence-electron chi connectivity index (χ1n) is 8.54. The average molecular weight is 418 g/mol. The summed E-state index contributed by atoms with van der Waals surface area (Å²) >= 11 is 2.34. The highest BCUT2D eigenvalue weighted by molar-refractivity contribution is 7.99. The molecule has 3 N–H and O–H groups in total. The van der Waals surface area contributed by atoms with Crippen molar-refractivity contribution in [3.05, 3.63) is 56.8 Å². The molecular formula is C18H19N5O3S2. The van der Waals surface area contributed by atoms with Crippen molar-refractivity contribution in [3.63, 3.8) is 0 Å². The molecule has 28 heavy (non-hydrogen) atoms. The van der Waals surface area contributed by atoms with E-state index in [-0.39, 0.29) is 40.6 Å². The third-order valence-corrected chi connectivity index (χ3v) is 5.73. The largest absolute Gasteiger partial charge is 0.493 e. The van der Waals surface area contributed by atoms with Gasteiger partial charge in [0, 0.05) is 12.3 Å². The summed E-state index contributed by atoms with van der Waals surface area (Å²) < 4.78 is 0. The lowest BCUT2D eigenvalue weighted by molar-refractivity contribution is -0.113. The number of aromatic hydroxyl groups is 1. The Morgan fingerprint density at radius 2 is 2.04 bits per heavy atom. The summed E-state index contributed by atoms with van der Waals surface area (Å²) in [4.78, 5) is 30.9.